The van der Waals surface area contributed by atoms with Gasteiger partial charge in [-0.1, -0.05) is 162 Å². The molecule has 6 nitrogen and oxygen atoms in total. The van der Waals surface area contributed by atoms with E-state index in [1.807, 2.05) is 6.07 Å². The van der Waals surface area contributed by atoms with Gasteiger partial charge in [-0.2, -0.15) is 0 Å². The quantitative estimate of drug-likeness (QED) is 0.142. The second-order valence-corrected chi connectivity index (χ2v) is 25.8. The third kappa shape index (κ3) is 6.39. The van der Waals surface area contributed by atoms with Gasteiger partial charge in [-0.25, -0.2) is 0 Å². The fourth-order valence-electron chi connectivity index (χ4n) is 11.1. The molecular formula is C58H72IrN6-2. The van der Waals surface area contributed by atoms with E-state index in [1.165, 1.54) is 33.3 Å². The molecule has 10 rings (SSSR count). The Labute approximate surface area is 402 Å². The van der Waals surface area contributed by atoms with E-state index in [4.69, 9.17) is 19.9 Å². The van der Waals surface area contributed by atoms with Crippen molar-refractivity contribution in [3.8, 4) is 0 Å². The van der Waals surface area contributed by atoms with Crippen LogP contribution in [0.4, 0.5) is 0 Å². The van der Waals surface area contributed by atoms with Crippen molar-refractivity contribution in [3.05, 3.63) is 106 Å². The maximum Gasteiger partial charge on any atom is 0.102 e. The molecule has 5 aromatic heterocycles. The molecule has 0 saturated carbocycles. The summed E-state index contributed by atoms with van der Waals surface area (Å²) in [7, 11) is 0. The first-order chi connectivity index (χ1) is 29.2. The van der Waals surface area contributed by atoms with Crippen molar-refractivity contribution in [1.82, 2.24) is 28.7 Å². The van der Waals surface area contributed by atoms with Gasteiger partial charge >= 0.3 is 0 Å². The van der Waals surface area contributed by atoms with Crippen LogP contribution in [0.3, 0.4) is 0 Å². The number of aromatic nitrogens is 6. The fraction of sp³-hybridized carbons (Fsp3) is 0.517. The van der Waals surface area contributed by atoms with Crippen molar-refractivity contribution in [2.75, 3.05) is 0 Å². The first-order valence-corrected chi connectivity index (χ1v) is 23.6. The van der Waals surface area contributed by atoms with Gasteiger partial charge in [0.25, 0.3) is 0 Å². The van der Waals surface area contributed by atoms with Gasteiger partial charge in [0.2, 0.25) is 0 Å². The monoisotopic (exact) mass is 1050 g/mol. The Balaban J connectivity index is 0.000000176. The molecule has 345 valence electrons. The van der Waals surface area contributed by atoms with Crippen LogP contribution in [0.2, 0.25) is 0 Å². The zero-order valence-corrected chi connectivity index (χ0v) is 45.6. The molecule has 0 amide bonds. The van der Waals surface area contributed by atoms with Gasteiger partial charge in [0.05, 0.1) is 33.4 Å². The predicted octanol–water partition coefficient (Wildman–Crippen LogP) is 14.8. The maximum absolute atomic E-state index is 5.25. The molecule has 0 spiro atoms. The molecule has 0 atom stereocenters. The molecule has 0 N–H and O–H groups in total. The molecule has 7 heteroatoms. The largest absolute Gasteiger partial charge is 0.348 e. The molecular weight excluding hydrogens is 973 g/mol. The van der Waals surface area contributed by atoms with Gasteiger partial charge in [-0.05, 0) is 113 Å². The van der Waals surface area contributed by atoms with Crippen LogP contribution in [0.15, 0.2) is 54.7 Å². The van der Waals surface area contributed by atoms with Crippen LogP contribution >= 0.6 is 0 Å². The van der Waals surface area contributed by atoms with Crippen LogP contribution in [0.25, 0.3) is 55.2 Å². The van der Waals surface area contributed by atoms with E-state index in [0.29, 0.717) is 0 Å². The minimum atomic E-state index is -0.134. The van der Waals surface area contributed by atoms with Crippen LogP contribution in [-0.4, -0.2) is 28.7 Å². The fourth-order valence-corrected chi connectivity index (χ4v) is 11.1. The number of hydrogen-bond acceptors (Lipinski definition) is 4. The molecule has 0 saturated heterocycles. The molecule has 1 radical (unpaired) electrons. The Morgan fingerprint density at radius 3 is 1.43 bits per heavy atom. The summed E-state index contributed by atoms with van der Waals surface area (Å²) in [6, 6.07) is 25.0. The Morgan fingerprint density at radius 2 is 0.923 bits per heavy atom. The summed E-state index contributed by atoms with van der Waals surface area (Å²) in [5.41, 5.74) is 16.7. The van der Waals surface area contributed by atoms with E-state index in [0.717, 1.165) is 61.2 Å². The number of benzene rings is 3. The zero-order chi connectivity index (χ0) is 47.1. The SMILES string of the molecule is CC(C)(C)c1c[c-]c2c(c1)nc(C(C)(C)C)n1c3cc4c(cc3nc21)C(C)(C)C(C)(C)C4(C)C.CC(C)(C)c1c[c-]c2c(ccn3c4cc5c(cc4nc23)C(C)(C)C(C)(C)C5(C)C)n1.[Ir]. The summed E-state index contributed by atoms with van der Waals surface area (Å²) >= 11 is 0. The van der Waals surface area contributed by atoms with Crippen LogP contribution in [0, 0.1) is 23.0 Å². The molecule has 0 fully saturated rings. The van der Waals surface area contributed by atoms with Gasteiger partial charge < -0.3 is 13.8 Å². The van der Waals surface area contributed by atoms with Gasteiger partial charge in [0.15, 0.2) is 0 Å². The normalized spacial score (nSPS) is 19.2. The summed E-state index contributed by atoms with van der Waals surface area (Å²) in [5, 5.41) is 1.98. The number of nitrogens with zero attached hydrogens (tertiary/aromatic N) is 6. The Bertz CT molecular complexity index is 3270. The first-order valence-electron chi connectivity index (χ1n) is 23.6. The van der Waals surface area contributed by atoms with E-state index in [1.54, 1.807) is 0 Å². The summed E-state index contributed by atoms with van der Waals surface area (Å²) in [5.74, 6) is 1.05. The zero-order valence-electron chi connectivity index (χ0n) is 43.2. The third-order valence-electron chi connectivity index (χ3n) is 17.9. The summed E-state index contributed by atoms with van der Waals surface area (Å²) < 4.78 is 4.51. The molecule has 0 unspecified atom stereocenters. The van der Waals surface area contributed by atoms with E-state index in [-0.39, 0.29) is 68.8 Å². The molecule has 2 aliphatic rings. The van der Waals surface area contributed by atoms with E-state index in [9.17, 15) is 0 Å². The van der Waals surface area contributed by atoms with Crippen molar-refractivity contribution < 1.29 is 20.1 Å². The van der Waals surface area contributed by atoms with Crippen LogP contribution in [-0.2, 0) is 58.0 Å². The number of pyridine rings is 2. The van der Waals surface area contributed by atoms with Gasteiger partial charge in [0, 0.05) is 25.5 Å². The molecule has 3 aromatic carbocycles. The average Bonchev–Trinajstić information content (AvgIpc) is 3.80. The average molecular weight is 1050 g/mol. The summed E-state index contributed by atoms with van der Waals surface area (Å²) in [6.45, 7) is 48.7. The molecule has 8 aromatic rings. The molecule has 65 heavy (non-hydrogen) atoms. The Morgan fingerprint density at radius 1 is 0.462 bits per heavy atom. The first kappa shape index (κ1) is 47.3. The molecule has 0 aliphatic heterocycles. The maximum atomic E-state index is 5.25. The minimum Gasteiger partial charge on any atom is -0.348 e. The topological polar surface area (TPSA) is 60.4 Å². The van der Waals surface area contributed by atoms with E-state index >= 15 is 0 Å². The van der Waals surface area contributed by atoms with Crippen molar-refractivity contribution >= 4 is 55.2 Å². The van der Waals surface area contributed by atoms with E-state index in [2.05, 4.69) is 215 Å². The van der Waals surface area contributed by atoms with Crippen LogP contribution in [0.1, 0.15) is 185 Å². The molecule has 5 heterocycles. The number of imidazole rings is 2. The van der Waals surface area contributed by atoms with Crippen molar-refractivity contribution in [2.24, 2.45) is 10.8 Å². The van der Waals surface area contributed by atoms with Gasteiger partial charge in [-0.15, -0.1) is 35.9 Å². The number of rotatable bonds is 0. The van der Waals surface area contributed by atoms with Crippen molar-refractivity contribution in [2.45, 2.75) is 183 Å². The smallest absolute Gasteiger partial charge is 0.102 e. The summed E-state index contributed by atoms with van der Waals surface area (Å²) in [4.78, 5) is 20.5. The molecule has 2 aliphatic carbocycles. The minimum absolute atomic E-state index is 0. The van der Waals surface area contributed by atoms with Crippen molar-refractivity contribution in [1.29, 1.82) is 0 Å². The second kappa shape index (κ2) is 13.9. The van der Waals surface area contributed by atoms with Gasteiger partial charge in [-0.3, -0.25) is 15.0 Å². The third-order valence-corrected chi connectivity index (χ3v) is 17.9. The Kier molecular flexibility index (Phi) is 10.1. The predicted molar refractivity (Wildman–Crippen MR) is 269 cm³/mol. The standard InChI is InChI=1S/C31H40N3.C27H32N3.Ir/c1-27(2,3)18-13-14-19-22(15-18)33-26(28(4,5)6)34-24-17-21-20(16-23(24)32-25(19)34)29(7,8)31(11,12)30(21,9)10;1-24(2,3)22-11-10-16-19(28-22)12-13-30-21-15-18-17(14-20(21)29-23(16)30)25(4,5)27(8,9)26(18,6)7;/h13,15-17H,1-12H3;11-15H,1-9H3;/q2*-1;. The van der Waals surface area contributed by atoms with Crippen molar-refractivity contribution in [3.63, 3.8) is 0 Å². The number of hydrogen-bond donors (Lipinski definition) is 0. The Hall–Kier alpha value is -4.19. The summed E-state index contributed by atoms with van der Waals surface area (Å²) in [6.07, 6.45) is 2.12. The van der Waals surface area contributed by atoms with Gasteiger partial charge in [0.1, 0.15) is 5.82 Å². The number of fused-ring (bicyclic) bond motifs is 12. The molecule has 0 bridgehead atoms. The van der Waals surface area contributed by atoms with Crippen LogP contribution in [0.5, 0.6) is 0 Å². The van der Waals surface area contributed by atoms with Crippen LogP contribution < -0.4 is 0 Å². The van der Waals surface area contributed by atoms with E-state index < -0.39 is 0 Å². The second-order valence-electron chi connectivity index (χ2n) is 25.8.